The first-order chi connectivity index (χ1) is 5.80. The van der Waals surface area contributed by atoms with Gasteiger partial charge in [0.15, 0.2) is 0 Å². The predicted octanol–water partition coefficient (Wildman–Crippen LogP) is 1.22. The first-order valence-corrected chi connectivity index (χ1v) is 3.59. The van der Waals surface area contributed by atoms with Gasteiger partial charge >= 0.3 is 17.6 Å². The van der Waals surface area contributed by atoms with Gasteiger partial charge in [0.25, 0.3) is 0 Å². The van der Waals surface area contributed by atoms with Gasteiger partial charge in [-0.05, 0) is 13.8 Å². The van der Waals surface area contributed by atoms with Gasteiger partial charge in [0.2, 0.25) is 0 Å². The molecule has 0 saturated carbocycles. The molecule has 13 heavy (non-hydrogen) atoms. The highest BCUT2D eigenvalue weighted by molar-refractivity contribution is 6.01. The van der Waals surface area contributed by atoms with Crippen molar-refractivity contribution in [2.24, 2.45) is 0 Å². The number of alkyl halides is 1. The minimum atomic E-state index is -3.21. The number of carboxylic acid groups (broad SMARTS) is 2. The van der Waals surface area contributed by atoms with E-state index in [1.807, 2.05) is 0 Å². The van der Waals surface area contributed by atoms with Crippen LogP contribution in [0.15, 0.2) is 11.6 Å². The highest BCUT2D eigenvalue weighted by Gasteiger charge is 2.46. The van der Waals surface area contributed by atoms with Gasteiger partial charge in [-0.2, -0.15) is 0 Å². The molecule has 0 aromatic rings. The lowest BCUT2D eigenvalue weighted by molar-refractivity contribution is -0.166. The summed E-state index contributed by atoms with van der Waals surface area (Å²) in [4.78, 5) is 20.6. The fourth-order valence-corrected chi connectivity index (χ4v) is 0.611. The molecule has 4 nitrogen and oxygen atoms in total. The minimum Gasteiger partial charge on any atom is -0.478 e. The van der Waals surface area contributed by atoms with E-state index in [1.165, 1.54) is 6.08 Å². The third kappa shape index (κ3) is 2.85. The molecular formula is C8H11FO4. The van der Waals surface area contributed by atoms with Crippen molar-refractivity contribution in [3.8, 4) is 0 Å². The van der Waals surface area contributed by atoms with Crippen LogP contribution in [0.3, 0.4) is 0 Å². The predicted molar refractivity (Wildman–Crippen MR) is 43.2 cm³/mol. The van der Waals surface area contributed by atoms with Gasteiger partial charge < -0.3 is 10.2 Å². The number of hydrogen-bond donors (Lipinski definition) is 2. The van der Waals surface area contributed by atoms with E-state index in [-0.39, 0.29) is 0 Å². The van der Waals surface area contributed by atoms with E-state index in [0.717, 1.165) is 0 Å². The first-order valence-electron chi connectivity index (χ1n) is 3.59. The van der Waals surface area contributed by atoms with Crippen LogP contribution in [0.25, 0.3) is 0 Å². The van der Waals surface area contributed by atoms with Crippen molar-refractivity contribution in [2.45, 2.75) is 25.9 Å². The van der Waals surface area contributed by atoms with Crippen LogP contribution in [0.2, 0.25) is 0 Å². The summed E-state index contributed by atoms with van der Waals surface area (Å²) >= 11 is 0. The Morgan fingerprint density at radius 3 is 1.92 bits per heavy atom. The van der Waals surface area contributed by atoms with Crippen LogP contribution >= 0.6 is 0 Å². The summed E-state index contributed by atoms with van der Waals surface area (Å²) in [5.74, 6) is -3.95. The van der Waals surface area contributed by atoms with Crippen LogP contribution in [0, 0.1) is 0 Å². The molecule has 0 aliphatic carbocycles. The van der Waals surface area contributed by atoms with Gasteiger partial charge in [-0.25, -0.2) is 14.0 Å². The number of allylic oxidation sites excluding steroid dienone is 2. The average Bonchev–Trinajstić information content (AvgIpc) is 1.99. The second kappa shape index (κ2) is 4.02. The summed E-state index contributed by atoms with van der Waals surface area (Å²) in [6.45, 7) is 3.26. The maximum absolute atomic E-state index is 13.2. The fourth-order valence-electron chi connectivity index (χ4n) is 0.611. The summed E-state index contributed by atoms with van der Waals surface area (Å²) in [6.07, 6.45) is 0.586. The monoisotopic (exact) mass is 190 g/mol. The van der Waals surface area contributed by atoms with E-state index < -0.39 is 24.0 Å². The number of halogens is 1. The SMILES string of the molecule is CC(C)=CCC(F)(C(=O)O)C(=O)O. The summed E-state index contributed by atoms with van der Waals surface area (Å²) in [5.41, 5.74) is -2.54. The van der Waals surface area contributed by atoms with Gasteiger partial charge in [-0.3, -0.25) is 0 Å². The van der Waals surface area contributed by atoms with Gasteiger partial charge in [-0.1, -0.05) is 11.6 Å². The van der Waals surface area contributed by atoms with Crippen LogP contribution in [-0.2, 0) is 9.59 Å². The van der Waals surface area contributed by atoms with E-state index >= 15 is 0 Å². The van der Waals surface area contributed by atoms with Gasteiger partial charge in [0.1, 0.15) is 0 Å². The molecule has 0 spiro atoms. The van der Waals surface area contributed by atoms with E-state index in [4.69, 9.17) is 10.2 Å². The minimum absolute atomic E-state index is 0.653. The number of rotatable bonds is 4. The number of aliphatic carboxylic acids is 2. The molecule has 0 unspecified atom stereocenters. The van der Waals surface area contributed by atoms with Crippen LogP contribution in [0.5, 0.6) is 0 Å². The van der Waals surface area contributed by atoms with Crippen LogP contribution in [-0.4, -0.2) is 27.8 Å². The normalized spacial score (nSPS) is 10.7. The van der Waals surface area contributed by atoms with Gasteiger partial charge in [0, 0.05) is 6.42 Å². The van der Waals surface area contributed by atoms with Crippen molar-refractivity contribution in [3.05, 3.63) is 11.6 Å². The lowest BCUT2D eigenvalue weighted by Crippen LogP contribution is -2.41. The van der Waals surface area contributed by atoms with Crippen molar-refractivity contribution in [1.82, 2.24) is 0 Å². The maximum Gasteiger partial charge on any atom is 0.353 e. The van der Waals surface area contributed by atoms with Crippen molar-refractivity contribution >= 4 is 11.9 Å². The molecule has 0 heterocycles. The van der Waals surface area contributed by atoms with Crippen molar-refractivity contribution in [3.63, 3.8) is 0 Å². The Balaban J connectivity index is 4.73. The summed E-state index contributed by atoms with van der Waals surface area (Å²) in [6, 6.07) is 0. The summed E-state index contributed by atoms with van der Waals surface area (Å²) in [5, 5.41) is 16.7. The standard InChI is InChI=1S/C8H11FO4/c1-5(2)3-4-8(9,6(10)11)7(12)13/h3H,4H2,1-2H3,(H,10,11)(H,12,13). The van der Waals surface area contributed by atoms with Crippen LogP contribution < -0.4 is 0 Å². The van der Waals surface area contributed by atoms with E-state index in [2.05, 4.69) is 0 Å². The average molecular weight is 190 g/mol. The number of carboxylic acids is 2. The molecule has 0 atom stereocenters. The highest BCUT2D eigenvalue weighted by atomic mass is 19.1. The summed E-state index contributed by atoms with van der Waals surface area (Å²) in [7, 11) is 0. The zero-order valence-corrected chi connectivity index (χ0v) is 7.37. The second-order valence-electron chi connectivity index (χ2n) is 2.90. The van der Waals surface area contributed by atoms with Gasteiger partial charge in [-0.15, -0.1) is 0 Å². The molecule has 0 amide bonds. The largest absolute Gasteiger partial charge is 0.478 e. The number of hydrogen-bond acceptors (Lipinski definition) is 2. The molecule has 0 aromatic carbocycles. The second-order valence-corrected chi connectivity index (χ2v) is 2.90. The van der Waals surface area contributed by atoms with Crippen LogP contribution in [0.1, 0.15) is 20.3 Å². The van der Waals surface area contributed by atoms with Crippen molar-refractivity contribution < 1.29 is 24.2 Å². The Kier molecular flexibility index (Phi) is 3.59. The third-order valence-electron chi connectivity index (χ3n) is 1.47. The molecule has 2 N–H and O–H groups in total. The third-order valence-corrected chi connectivity index (χ3v) is 1.47. The molecule has 0 aliphatic heterocycles. The molecular weight excluding hydrogens is 179 g/mol. The van der Waals surface area contributed by atoms with Gasteiger partial charge in [0.05, 0.1) is 0 Å². The quantitative estimate of drug-likeness (QED) is 0.516. The van der Waals surface area contributed by atoms with Crippen molar-refractivity contribution in [1.29, 1.82) is 0 Å². The lowest BCUT2D eigenvalue weighted by atomic mass is 10.0. The zero-order valence-electron chi connectivity index (χ0n) is 7.37. The molecule has 0 aliphatic rings. The Morgan fingerprint density at radius 1 is 1.31 bits per heavy atom. The topological polar surface area (TPSA) is 74.6 Å². The Bertz CT molecular complexity index is 239. The smallest absolute Gasteiger partial charge is 0.353 e. The highest BCUT2D eigenvalue weighted by Crippen LogP contribution is 2.18. The fraction of sp³-hybridized carbons (Fsp3) is 0.500. The zero-order chi connectivity index (χ0) is 10.6. The van der Waals surface area contributed by atoms with E-state index in [9.17, 15) is 14.0 Å². The molecule has 0 radical (unpaired) electrons. The Hall–Kier alpha value is -1.39. The molecule has 0 aromatic heterocycles. The molecule has 0 saturated heterocycles. The van der Waals surface area contributed by atoms with E-state index in [0.29, 0.717) is 5.57 Å². The molecule has 0 rings (SSSR count). The molecule has 0 bridgehead atoms. The molecule has 0 fully saturated rings. The van der Waals surface area contributed by atoms with Crippen molar-refractivity contribution in [2.75, 3.05) is 0 Å². The maximum atomic E-state index is 13.2. The van der Waals surface area contributed by atoms with E-state index in [1.54, 1.807) is 13.8 Å². The Morgan fingerprint density at radius 2 is 1.69 bits per heavy atom. The first kappa shape index (κ1) is 11.6. The summed E-state index contributed by atoms with van der Waals surface area (Å²) < 4.78 is 13.2. The molecule has 74 valence electrons. The van der Waals surface area contributed by atoms with Crippen LogP contribution in [0.4, 0.5) is 4.39 Å². The number of carbonyl (C=O) groups is 2. The molecule has 5 heteroatoms. The lowest BCUT2D eigenvalue weighted by Gasteiger charge is -2.12. The Labute approximate surface area is 74.7 Å².